The third-order valence-electron chi connectivity index (χ3n) is 3.62. The average Bonchev–Trinajstić information content (AvgIpc) is 2.93. The van der Waals surface area contributed by atoms with Crippen molar-refractivity contribution in [2.24, 2.45) is 0 Å². The minimum atomic E-state index is -0.941. The maximum absolute atomic E-state index is 12.1. The van der Waals surface area contributed by atoms with Gasteiger partial charge in [0, 0.05) is 5.75 Å². The van der Waals surface area contributed by atoms with Gasteiger partial charge in [0.15, 0.2) is 0 Å². The molecule has 1 unspecified atom stereocenters. The molecule has 0 saturated carbocycles. The molecule has 1 fully saturated rings. The van der Waals surface area contributed by atoms with Crippen LogP contribution in [0.1, 0.15) is 17.5 Å². The molecule has 0 aliphatic carbocycles. The van der Waals surface area contributed by atoms with Crippen LogP contribution in [0, 0.1) is 13.8 Å². The Hall–Kier alpha value is -1.69. The number of carbonyl (C=O) groups is 2. The van der Waals surface area contributed by atoms with E-state index in [1.165, 1.54) is 16.7 Å². The van der Waals surface area contributed by atoms with Crippen molar-refractivity contribution in [3.05, 3.63) is 29.3 Å². The van der Waals surface area contributed by atoms with E-state index >= 15 is 0 Å². The standard InChI is InChI=1S/C15H19NO4S/c1-10-4-3-5-13(11(10)2)20-7-6-14(17)16-9-21-8-12(16)15(18)19/h3-5,12H,6-9H2,1-2H3,(H,18,19). The molecule has 21 heavy (non-hydrogen) atoms. The van der Waals surface area contributed by atoms with Crippen molar-refractivity contribution in [3.8, 4) is 5.75 Å². The van der Waals surface area contributed by atoms with Gasteiger partial charge in [0.1, 0.15) is 11.8 Å². The van der Waals surface area contributed by atoms with E-state index in [9.17, 15) is 9.59 Å². The minimum Gasteiger partial charge on any atom is -0.493 e. The van der Waals surface area contributed by atoms with Crippen LogP contribution in [0.4, 0.5) is 0 Å². The molecule has 5 nitrogen and oxygen atoms in total. The molecule has 114 valence electrons. The van der Waals surface area contributed by atoms with E-state index in [2.05, 4.69) is 0 Å². The van der Waals surface area contributed by atoms with Crippen LogP contribution in [0.5, 0.6) is 5.75 Å². The number of hydrogen-bond acceptors (Lipinski definition) is 4. The van der Waals surface area contributed by atoms with E-state index in [-0.39, 0.29) is 18.9 Å². The molecule has 1 aromatic rings. The van der Waals surface area contributed by atoms with Crippen LogP contribution in [0.3, 0.4) is 0 Å². The third-order valence-corrected chi connectivity index (χ3v) is 4.63. The molecule has 0 spiro atoms. The van der Waals surface area contributed by atoms with E-state index in [0.29, 0.717) is 11.6 Å². The van der Waals surface area contributed by atoms with Crippen LogP contribution in [-0.4, -0.2) is 46.2 Å². The minimum absolute atomic E-state index is 0.169. The Labute approximate surface area is 128 Å². The number of benzene rings is 1. The molecule has 1 amide bonds. The van der Waals surface area contributed by atoms with E-state index in [0.717, 1.165) is 16.9 Å². The number of aliphatic carboxylic acids is 1. The number of aryl methyl sites for hydroxylation is 1. The molecule has 0 radical (unpaired) electrons. The van der Waals surface area contributed by atoms with Gasteiger partial charge in [-0.1, -0.05) is 12.1 Å². The molecule has 2 rings (SSSR count). The molecular weight excluding hydrogens is 290 g/mol. The van der Waals surface area contributed by atoms with Gasteiger partial charge in [-0.2, -0.15) is 0 Å². The summed E-state index contributed by atoms with van der Waals surface area (Å²) in [5.41, 5.74) is 2.20. The van der Waals surface area contributed by atoms with Crippen molar-refractivity contribution in [2.45, 2.75) is 26.3 Å². The summed E-state index contributed by atoms with van der Waals surface area (Å²) in [6.45, 7) is 4.24. The lowest BCUT2D eigenvalue weighted by molar-refractivity contribution is -0.147. The smallest absolute Gasteiger partial charge is 0.327 e. The molecule has 6 heteroatoms. The number of thioether (sulfide) groups is 1. The molecule has 0 bridgehead atoms. The Morgan fingerprint density at radius 2 is 2.19 bits per heavy atom. The van der Waals surface area contributed by atoms with Gasteiger partial charge in [-0.15, -0.1) is 11.8 Å². The summed E-state index contributed by atoms with van der Waals surface area (Å²) in [4.78, 5) is 24.5. The first kappa shape index (κ1) is 15.7. The van der Waals surface area contributed by atoms with Gasteiger partial charge >= 0.3 is 5.97 Å². The average molecular weight is 309 g/mol. The number of nitrogens with zero attached hydrogens (tertiary/aromatic N) is 1. The molecule has 1 N–H and O–H groups in total. The number of amides is 1. The molecule has 1 heterocycles. The van der Waals surface area contributed by atoms with Crippen molar-refractivity contribution in [2.75, 3.05) is 18.2 Å². The van der Waals surface area contributed by atoms with Gasteiger partial charge in [0.05, 0.1) is 18.9 Å². The fourth-order valence-electron chi connectivity index (χ4n) is 2.17. The van der Waals surface area contributed by atoms with Gasteiger partial charge in [-0.05, 0) is 31.0 Å². The first-order valence-electron chi connectivity index (χ1n) is 6.79. The second-order valence-corrected chi connectivity index (χ2v) is 6.01. The number of carboxylic acid groups (broad SMARTS) is 1. The normalized spacial score (nSPS) is 17.8. The lowest BCUT2D eigenvalue weighted by Gasteiger charge is -2.20. The largest absolute Gasteiger partial charge is 0.493 e. The Morgan fingerprint density at radius 1 is 1.43 bits per heavy atom. The number of carbonyl (C=O) groups excluding carboxylic acids is 1. The first-order chi connectivity index (χ1) is 10.0. The lowest BCUT2D eigenvalue weighted by Crippen LogP contribution is -2.42. The van der Waals surface area contributed by atoms with Crippen molar-refractivity contribution < 1.29 is 19.4 Å². The third kappa shape index (κ3) is 3.69. The molecule has 0 aromatic heterocycles. The Kier molecular flexibility index (Phi) is 5.12. The highest BCUT2D eigenvalue weighted by atomic mass is 32.2. The van der Waals surface area contributed by atoms with E-state index in [1.54, 1.807) is 0 Å². The summed E-state index contributed by atoms with van der Waals surface area (Å²) in [7, 11) is 0. The quantitative estimate of drug-likeness (QED) is 0.902. The van der Waals surface area contributed by atoms with Crippen molar-refractivity contribution in [1.82, 2.24) is 4.90 Å². The molecule has 1 saturated heterocycles. The maximum Gasteiger partial charge on any atom is 0.327 e. The zero-order valence-corrected chi connectivity index (χ0v) is 13.0. The predicted molar refractivity (Wildman–Crippen MR) is 81.6 cm³/mol. The van der Waals surface area contributed by atoms with Crippen LogP contribution in [-0.2, 0) is 9.59 Å². The van der Waals surface area contributed by atoms with Crippen LogP contribution in [0.2, 0.25) is 0 Å². The summed E-state index contributed by atoms with van der Waals surface area (Å²) in [5.74, 6) is 0.563. The first-order valence-corrected chi connectivity index (χ1v) is 7.95. The van der Waals surface area contributed by atoms with Gasteiger partial charge in [0.2, 0.25) is 5.91 Å². The molecule has 1 aliphatic heterocycles. The van der Waals surface area contributed by atoms with Gasteiger partial charge in [-0.3, -0.25) is 4.79 Å². The van der Waals surface area contributed by atoms with Gasteiger partial charge < -0.3 is 14.7 Å². The Bertz CT molecular complexity index is 546. The topological polar surface area (TPSA) is 66.8 Å². The second-order valence-electron chi connectivity index (χ2n) is 5.01. The Balaban J connectivity index is 1.87. The zero-order valence-electron chi connectivity index (χ0n) is 12.2. The summed E-state index contributed by atoms with van der Waals surface area (Å²) >= 11 is 1.46. The lowest BCUT2D eigenvalue weighted by atomic mass is 10.1. The number of rotatable bonds is 5. The number of carboxylic acids is 1. The number of hydrogen-bond donors (Lipinski definition) is 1. The van der Waals surface area contributed by atoms with Gasteiger partial charge in [0.25, 0.3) is 0 Å². The monoisotopic (exact) mass is 309 g/mol. The summed E-state index contributed by atoms with van der Waals surface area (Å²) in [6, 6.07) is 5.09. The highest BCUT2D eigenvalue weighted by Gasteiger charge is 2.34. The highest BCUT2D eigenvalue weighted by Crippen LogP contribution is 2.23. The van der Waals surface area contributed by atoms with E-state index in [1.807, 2.05) is 32.0 Å². The molecule has 1 aromatic carbocycles. The van der Waals surface area contributed by atoms with Crippen LogP contribution >= 0.6 is 11.8 Å². The van der Waals surface area contributed by atoms with Crippen molar-refractivity contribution >= 4 is 23.6 Å². The molecule has 1 atom stereocenters. The van der Waals surface area contributed by atoms with Crippen LogP contribution in [0.15, 0.2) is 18.2 Å². The van der Waals surface area contributed by atoms with E-state index in [4.69, 9.17) is 9.84 Å². The van der Waals surface area contributed by atoms with Crippen LogP contribution < -0.4 is 4.74 Å². The fourth-order valence-corrected chi connectivity index (χ4v) is 3.34. The maximum atomic E-state index is 12.1. The predicted octanol–water partition coefficient (Wildman–Crippen LogP) is 2.06. The highest BCUT2D eigenvalue weighted by molar-refractivity contribution is 7.99. The second kappa shape index (κ2) is 6.85. The summed E-state index contributed by atoms with van der Waals surface area (Å²) < 4.78 is 5.64. The number of ether oxygens (including phenoxy) is 1. The summed E-state index contributed by atoms with van der Waals surface area (Å²) in [6.07, 6.45) is 0.192. The fraction of sp³-hybridized carbons (Fsp3) is 0.467. The molecule has 1 aliphatic rings. The Morgan fingerprint density at radius 3 is 2.90 bits per heavy atom. The van der Waals surface area contributed by atoms with E-state index < -0.39 is 12.0 Å². The van der Waals surface area contributed by atoms with Crippen LogP contribution in [0.25, 0.3) is 0 Å². The van der Waals surface area contributed by atoms with Gasteiger partial charge in [-0.25, -0.2) is 4.79 Å². The van der Waals surface area contributed by atoms with Crippen molar-refractivity contribution in [3.63, 3.8) is 0 Å². The molecular formula is C15H19NO4S. The van der Waals surface area contributed by atoms with Crippen molar-refractivity contribution in [1.29, 1.82) is 0 Å². The zero-order chi connectivity index (χ0) is 15.4. The SMILES string of the molecule is Cc1cccc(OCCC(=O)N2CSCC2C(=O)O)c1C. The summed E-state index contributed by atoms with van der Waals surface area (Å²) in [5, 5.41) is 9.06.